The van der Waals surface area contributed by atoms with Crippen LogP contribution in [0.25, 0.3) is 0 Å². The molecule has 1 N–H and O–H groups in total. The van der Waals surface area contributed by atoms with E-state index in [2.05, 4.69) is 29.6 Å². The summed E-state index contributed by atoms with van der Waals surface area (Å²) in [4.78, 5) is 0. The number of halogens is 1. The van der Waals surface area contributed by atoms with Crippen molar-refractivity contribution in [3.05, 3.63) is 35.9 Å². The van der Waals surface area contributed by atoms with Crippen molar-refractivity contribution in [1.82, 2.24) is 5.32 Å². The molecule has 0 saturated heterocycles. The Morgan fingerprint density at radius 1 is 1.17 bits per heavy atom. The fourth-order valence-electron chi connectivity index (χ4n) is 0.645. The van der Waals surface area contributed by atoms with Crippen LogP contribution in [0.15, 0.2) is 30.3 Å². The van der Waals surface area contributed by atoms with Gasteiger partial charge in [0.1, 0.15) is 0 Å². The van der Waals surface area contributed by atoms with Gasteiger partial charge in [0.2, 0.25) is 0 Å². The summed E-state index contributed by atoms with van der Waals surface area (Å²) in [5.41, 5.74) is 1.42. The van der Waals surface area contributed by atoms with Gasteiger partial charge in [0, 0.05) is 5.56 Å². The van der Waals surface area contributed by atoms with E-state index in [9.17, 15) is 0 Å². The van der Waals surface area contributed by atoms with Gasteiger partial charge in [-0.15, -0.1) is 24.0 Å². The fraction of sp³-hybridized carbons (Fsp3) is 0.333. The predicted molar refractivity (Wildman–Crippen MR) is 66.3 cm³/mol. The molecule has 0 heterocycles. The van der Waals surface area contributed by atoms with E-state index < -0.39 is 0 Å². The zero-order valence-electron chi connectivity index (χ0n) is 7.71. The summed E-state index contributed by atoms with van der Waals surface area (Å²) < 4.78 is 1.17. The molecule has 0 atom stereocenters. The quantitative estimate of drug-likeness (QED) is 0.614. The molecule has 0 bridgehead atoms. The first-order chi connectivity index (χ1) is 5.35. The predicted octanol–water partition coefficient (Wildman–Crippen LogP) is 1.81. The second-order valence-electron chi connectivity index (χ2n) is 2.24. The largest absolute Gasteiger partial charge is 1.42 e. The molecule has 0 spiro atoms. The molecule has 7 radical (unpaired) electrons. The van der Waals surface area contributed by atoms with Crippen molar-refractivity contribution >= 4 is 45.7 Å². The maximum atomic E-state index is 2.75. The van der Waals surface area contributed by atoms with E-state index in [0.717, 1.165) is 0 Å². The maximum absolute atomic E-state index is 2.75. The van der Waals surface area contributed by atoms with Crippen LogP contribution in [0.4, 0.5) is 0 Å². The second-order valence-corrected chi connectivity index (χ2v) is 2.74. The molecule has 0 aliphatic rings. The van der Waals surface area contributed by atoms with Crippen LogP contribution >= 0.6 is 24.0 Å². The average Bonchev–Trinajstić information content (AvgIpc) is 2.08. The summed E-state index contributed by atoms with van der Waals surface area (Å²) in [6, 6.07) is 10.5. The molecule has 0 aliphatic heterocycles. The third-order valence-corrected chi connectivity index (χ3v) is 1.71. The Kier molecular flexibility index (Phi) is 14.8. The van der Waals surface area contributed by atoms with Gasteiger partial charge < -0.3 is 5.32 Å². The monoisotopic (exact) mass is 288 g/mol. The normalized spacial score (nSPS) is 7.58. The number of rotatable bonds is 1. The summed E-state index contributed by atoms with van der Waals surface area (Å²) in [7, 11) is 3.75. The van der Waals surface area contributed by atoms with E-state index in [0.29, 0.717) is 0 Å². The zero-order chi connectivity index (χ0) is 8.53. The van der Waals surface area contributed by atoms with E-state index in [1.54, 1.807) is 0 Å². The minimum Gasteiger partial charge on any atom is -0.323 e. The molecule has 1 nitrogen and oxygen atoms in total. The molecule has 0 aliphatic carbocycles. The molecular weight excluding hydrogens is 273 g/mol. The lowest BCUT2D eigenvalue weighted by molar-refractivity contribution is 1.02. The first kappa shape index (κ1) is 15.2. The van der Waals surface area contributed by atoms with E-state index in [1.807, 2.05) is 41.9 Å². The van der Waals surface area contributed by atoms with Crippen molar-refractivity contribution in [3.8, 4) is 0 Å². The van der Waals surface area contributed by atoms with Crippen LogP contribution in [0, 0.1) is 0 Å². The molecule has 0 amide bonds. The van der Waals surface area contributed by atoms with Crippen LogP contribution in [0.5, 0.6) is 0 Å². The van der Waals surface area contributed by atoms with Gasteiger partial charge in [-0.3, -0.25) is 0 Å². The van der Waals surface area contributed by atoms with E-state index >= 15 is 0 Å². The van der Waals surface area contributed by atoms with Gasteiger partial charge in [-0.1, -0.05) is 30.3 Å². The number of nitrogens with one attached hydrogen (secondary N) is 1. The lowest BCUT2D eigenvalue weighted by atomic mass is 10.2. The number of benzene rings is 1. The molecule has 63 valence electrons. The topological polar surface area (TPSA) is 12.0 Å². The lowest BCUT2D eigenvalue weighted by Gasteiger charge is -1.80. The summed E-state index contributed by atoms with van der Waals surface area (Å²) in [5, 5.41) is 2.75. The minimum atomic E-state index is 0. The number of hydrogen-bond acceptors (Lipinski definition) is 1. The Morgan fingerprint density at radius 2 is 1.58 bits per heavy atom. The van der Waals surface area contributed by atoms with Crippen molar-refractivity contribution < 1.29 is 0 Å². The molecule has 1 aromatic carbocycles. The molecule has 0 unspecified atom stereocenters. The van der Waals surface area contributed by atoms with Crippen LogP contribution < -0.4 is 5.32 Å². The highest BCUT2D eigenvalue weighted by Crippen LogP contribution is 1.95. The molecule has 0 fully saturated rings. The maximum Gasteiger partial charge on any atom is 1.42 e. The van der Waals surface area contributed by atoms with Crippen LogP contribution in [0.1, 0.15) is 5.56 Å². The molecule has 0 aromatic heterocycles. The Labute approximate surface area is 105 Å². The number of hydrogen-bond donors (Lipinski definition) is 1. The highest BCUT2D eigenvalue weighted by atomic mass is 127. The van der Waals surface area contributed by atoms with Crippen molar-refractivity contribution in [3.63, 3.8) is 0 Å². The third-order valence-electron chi connectivity index (χ3n) is 1.13. The molecule has 1 rings (SSSR count). The van der Waals surface area contributed by atoms with E-state index in [1.165, 1.54) is 10.1 Å². The summed E-state index contributed by atoms with van der Waals surface area (Å²) in [5.74, 6) is 0. The minimum absolute atomic E-state index is 0. The second kappa shape index (κ2) is 11.7. The van der Waals surface area contributed by atoms with Crippen LogP contribution in [-0.4, -0.2) is 35.8 Å². The first-order valence-electron chi connectivity index (χ1n) is 3.76. The van der Waals surface area contributed by atoms with Crippen molar-refractivity contribution in [2.24, 2.45) is 0 Å². The molecule has 3 heteroatoms. The fourth-order valence-corrected chi connectivity index (χ4v) is 0.978. The van der Waals surface area contributed by atoms with Gasteiger partial charge in [0.05, 0.1) is 0 Å². The Balaban J connectivity index is 0. The Morgan fingerprint density at radius 3 is 1.83 bits per heavy atom. The standard InChI is InChI=1S/C7H7.C2H7N.HI.Mg/c1-7-5-3-2-4-6-7;1-3-2;;/h2-6H,1H2;3H,1-2H3;1H;/q;;;+2. The highest BCUT2D eigenvalue weighted by molar-refractivity contribution is 14.0. The van der Waals surface area contributed by atoms with Gasteiger partial charge >= 0.3 is 21.7 Å². The Hall–Kier alpha value is 0.676. The van der Waals surface area contributed by atoms with Gasteiger partial charge in [-0.2, -0.15) is 0 Å². The van der Waals surface area contributed by atoms with Crippen molar-refractivity contribution in [1.29, 1.82) is 0 Å². The van der Waals surface area contributed by atoms with E-state index in [-0.39, 0.29) is 24.0 Å². The van der Waals surface area contributed by atoms with Crippen LogP contribution in [-0.2, 0) is 4.55 Å². The summed E-state index contributed by atoms with van der Waals surface area (Å²) >= 11 is 1.98. The zero-order valence-corrected chi connectivity index (χ0v) is 11.5. The molecule has 0 saturated carbocycles. The van der Waals surface area contributed by atoms with Crippen LogP contribution in [0.2, 0.25) is 0 Å². The molecule has 1 aromatic rings. The summed E-state index contributed by atoms with van der Waals surface area (Å²) in [6.45, 7) is 0. The van der Waals surface area contributed by atoms with Gasteiger partial charge in [0.15, 0.2) is 0 Å². The third kappa shape index (κ3) is 8.77. The van der Waals surface area contributed by atoms with Crippen molar-refractivity contribution in [2.75, 3.05) is 14.1 Å². The summed E-state index contributed by atoms with van der Waals surface area (Å²) in [6.07, 6.45) is 0. The Bertz CT molecular complexity index is 167. The van der Waals surface area contributed by atoms with Gasteiger partial charge in [-0.05, 0) is 14.1 Å². The van der Waals surface area contributed by atoms with E-state index in [4.69, 9.17) is 0 Å². The SMILES string of the molecule is CNC.I.[Mg+2][CH2]c1ccccc1. The molecule has 12 heavy (non-hydrogen) atoms. The van der Waals surface area contributed by atoms with Gasteiger partial charge in [-0.25, -0.2) is 0 Å². The average molecular weight is 288 g/mol. The highest BCUT2D eigenvalue weighted by Gasteiger charge is 2.22. The van der Waals surface area contributed by atoms with Gasteiger partial charge in [0.25, 0.3) is 4.55 Å². The molecular formula is C9H15IMgN+2. The first-order valence-corrected chi connectivity index (χ1v) is 4.76. The van der Waals surface area contributed by atoms with Crippen LogP contribution in [0.3, 0.4) is 0 Å². The smallest absolute Gasteiger partial charge is 0.323 e. The van der Waals surface area contributed by atoms with Crippen molar-refractivity contribution in [2.45, 2.75) is 4.55 Å². The lowest BCUT2D eigenvalue weighted by Crippen LogP contribution is -1.89.